The van der Waals surface area contributed by atoms with E-state index in [1.54, 1.807) is 11.8 Å². The molecule has 0 amide bonds. The average molecular weight is 174 g/mol. The minimum atomic E-state index is 0.0718. The van der Waals surface area contributed by atoms with Gasteiger partial charge < -0.3 is 0 Å². The molecule has 0 unspecified atom stereocenters. The highest BCUT2D eigenvalue weighted by molar-refractivity contribution is 8.24. The van der Waals surface area contributed by atoms with Crippen molar-refractivity contribution in [3.05, 3.63) is 0 Å². The van der Waals surface area contributed by atoms with Gasteiger partial charge in [-0.25, -0.2) is 0 Å². The fourth-order valence-electron chi connectivity index (χ4n) is 0.593. The molecule has 0 saturated carbocycles. The van der Waals surface area contributed by atoms with Gasteiger partial charge in [-0.2, -0.15) is 5.10 Å². The van der Waals surface area contributed by atoms with E-state index in [-0.39, 0.29) is 4.75 Å². The molecule has 1 rings (SSSR count). The lowest BCUT2D eigenvalue weighted by Gasteiger charge is -2.27. The zero-order valence-corrected chi connectivity index (χ0v) is 7.90. The Kier molecular flexibility index (Phi) is 2.01. The van der Waals surface area contributed by atoms with Crippen molar-refractivity contribution in [3.63, 3.8) is 0 Å². The van der Waals surface area contributed by atoms with E-state index in [4.69, 9.17) is 12.2 Å². The summed E-state index contributed by atoms with van der Waals surface area (Å²) in [7, 11) is 0. The van der Waals surface area contributed by atoms with Crippen LogP contribution in [0.25, 0.3) is 0 Å². The maximum absolute atomic E-state index is 4.95. The third kappa shape index (κ3) is 1.49. The minimum Gasteiger partial charge on any atom is -0.262 e. The first-order chi connectivity index (χ1) is 4.52. The number of thioether (sulfide) groups is 1. The van der Waals surface area contributed by atoms with Crippen LogP contribution >= 0.6 is 24.0 Å². The van der Waals surface area contributed by atoms with E-state index in [9.17, 15) is 0 Å². The van der Waals surface area contributed by atoms with Crippen molar-refractivity contribution >= 4 is 34.0 Å². The van der Waals surface area contributed by atoms with Crippen molar-refractivity contribution in [2.24, 2.45) is 5.10 Å². The Balaban J connectivity index is 2.86. The third-order valence-electron chi connectivity index (χ3n) is 1.53. The summed E-state index contributed by atoms with van der Waals surface area (Å²) in [4.78, 5) is 0. The Hall–Kier alpha value is -0.0900. The van der Waals surface area contributed by atoms with Gasteiger partial charge in [-0.3, -0.25) is 5.43 Å². The van der Waals surface area contributed by atoms with E-state index >= 15 is 0 Å². The van der Waals surface area contributed by atoms with Crippen LogP contribution in [0.1, 0.15) is 20.8 Å². The van der Waals surface area contributed by atoms with Gasteiger partial charge >= 0.3 is 0 Å². The van der Waals surface area contributed by atoms with Gasteiger partial charge in [-0.1, -0.05) is 24.0 Å². The maximum atomic E-state index is 4.95. The van der Waals surface area contributed by atoms with Gasteiger partial charge in [0, 0.05) is 0 Å². The Labute approximate surface area is 70.5 Å². The molecule has 2 nitrogen and oxygen atoms in total. The normalized spacial score (nSPS) is 23.5. The summed E-state index contributed by atoms with van der Waals surface area (Å²) in [6.07, 6.45) is 0. The first-order valence-corrected chi connectivity index (χ1v) is 4.28. The molecule has 0 aromatic heterocycles. The second kappa shape index (κ2) is 2.51. The number of nitrogens with one attached hydrogen (secondary N) is 1. The van der Waals surface area contributed by atoms with E-state index in [0.29, 0.717) is 0 Å². The number of hydrazone groups is 1. The SMILES string of the molecule is CC1=NNC(=S)SC1(C)C. The second-order valence-corrected chi connectivity index (χ2v) is 5.01. The van der Waals surface area contributed by atoms with Crippen LogP contribution in [-0.2, 0) is 0 Å². The van der Waals surface area contributed by atoms with E-state index in [2.05, 4.69) is 24.4 Å². The highest BCUT2D eigenvalue weighted by atomic mass is 32.2. The summed E-state index contributed by atoms with van der Waals surface area (Å²) < 4.78 is 0.832. The van der Waals surface area contributed by atoms with Crippen LogP contribution in [0.3, 0.4) is 0 Å². The smallest absolute Gasteiger partial charge is 0.154 e. The number of nitrogens with zero attached hydrogens (tertiary/aromatic N) is 1. The molecule has 0 saturated heterocycles. The zero-order valence-electron chi connectivity index (χ0n) is 6.26. The Morgan fingerprint density at radius 2 is 2.20 bits per heavy atom. The second-order valence-electron chi connectivity index (χ2n) is 2.71. The fourth-order valence-corrected chi connectivity index (χ4v) is 2.01. The summed E-state index contributed by atoms with van der Waals surface area (Å²) in [5, 5.41) is 4.07. The molecule has 0 radical (unpaired) electrons. The van der Waals surface area contributed by atoms with Crippen molar-refractivity contribution in [2.75, 3.05) is 0 Å². The predicted octanol–water partition coefficient (Wildman–Crippen LogP) is 1.76. The molecule has 0 aromatic rings. The molecule has 0 aliphatic carbocycles. The lowest BCUT2D eigenvalue weighted by Crippen LogP contribution is -2.36. The Morgan fingerprint density at radius 3 is 2.60 bits per heavy atom. The summed E-state index contributed by atoms with van der Waals surface area (Å²) >= 11 is 6.59. The quantitative estimate of drug-likeness (QED) is 0.566. The monoisotopic (exact) mass is 174 g/mol. The fraction of sp³-hybridized carbons (Fsp3) is 0.667. The van der Waals surface area contributed by atoms with Crippen LogP contribution in [0.5, 0.6) is 0 Å². The van der Waals surface area contributed by atoms with Gasteiger partial charge in [0.1, 0.15) is 0 Å². The van der Waals surface area contributed by atoms with Crippen LogP contribution in [-0.4, -0.2) is 14.8 Å². The molecule has 0 fully saturated rings. The first-order valence-electron chi connectivity index (χ1n) is 3.06. The van der Waals surface area contributed by atoms with E-state index in [1.165, 1.54) is 0 Å². The van der Waals surface area contributed by atoms with Crippen LogP contribution in [0.2, 0.25) is 0 Å². The van der Waals surface area contributed by atoms with Gasteiger partial charge in [0.15, 0.2) is 4.32 Å². The van der Waals surface area contributed by atoms with Gasteiger partial charge in [0.05, 0.1) is 10.5 Å². The molecule has 10 heavy (non-hydrogen) atoms. The lowest BCUT2D eigenvalue weighted by molar-refractivity contribution is 0.899. The van der Waals surface area contributed by atoms with E-state index < -0.39 is 0 Å². The van der Waals surface area contributed by atoms with Crippen LogP contribution in [0.4, 0.5) is 0 Å². The van der Waals surface area contributed by atoms with Gasteiger partial charge in [0.25, 0.3) is 0 Å². The number of hydrogen-bond donors (Lipinski definition) is 1. The molecular weight excluding hydrogens is 164 g/mol. The summed E-state index contributed by atoms with van der Waals surface area (Å²) in [6, 6.07) is 0. The molecule has 1 aliphatic heterocycles. The molecule has 56 valence electrons. The third-order valence-corrected chi connectivity index (χ3v) is 2.96. The molecule has 0 spiro atoms. The van der Waals surface area contributed by atoms with Gasteiger partial charge in [0.2, 0.25) is 0 Å². The summed E-state index contributed by atoms with van der Waals surface area (Å²) in [6.45, 7) is 6.23. The molecule has 0 bridgehead atoms. The highest BCUT2D eigenvalue weighted by Crippen LogP contribution is 2.29. The molecular formula is C6H10N2S2. The largest absolute Gasteiger partial charge is 0.262 e. The van der Waals surface area contributed by atoms with Crippen molar-refractivity contribution in [1.82, 2.24) is 5.43 Å². The topological polar surface area (TPSA) is 24.4 Å². The van der Waals surface area contributed by atoms with Crippen molar-refractivity contribution in [2.45, 2.75) is 25.5 Å². The number of rotatable bonds is 0. The Morgan fingerprint density at radius 1 is 1.60 bits per heavy atom. The van der Waals surface area contributed by atoms with Gasteiger partial charge in [-0.05, 0) is 20.8 Å². The van der Waals surface area contributed by atoms with Crippen LogP contribution in [0, 0.1) is 0 Å². The van der Waals surface area contributed by atoms with Crippen LogP contribution < -0.4 is 5.43 Å². The lowest BCUT2D eigenvalue weighted by atomic mass is 10.1. The standard InChI is InChI=1S/C6H10N2S2/c1-4-6(2,3)10-5(9)8-7-4/h1-3H3,(H,8,9). The molecule has 1 N–H and O–H groups in total. The molecule has 1 heterocycles. The number of thiocarbonyl (C=S) groups is 1. The highest BCUT2D eigenvalue weighted by Gasteiger charge is 2.27. The summed E-state index contributed by atoms with van der Waals surface area (Å²) in [5.74, 6) is 0. The van der Waals surface area contributed by atoms with Crippen molar-refractivity contribution in [3.8, 4) is 0 Å². The zero-order chi connectivity index (χ0) is 7.78. The minimum absolute atomic E-state index is 0.0718. The predicted molar refractivity (Wildman–Crippen MR) is 50.5 cm³/mol. The summed E-state index contributed by atoms with van der Waals surface area (Å²) in [5.41, 5.74) is 3.86. The van der Waals surface area contributed by atoms with E-state index in [0.717, 1.165) is 10.0 Å². The van der Waals surface area contributed by atoms with Gasteiger partial charge in [-0.15, -0.1) is 0 Å². The van der Waals surface area contributed by atoms with Crippen molar-refractivity contribution in [1.29, 1.82) is 0 Å². The average Bonchev–Trinajstić information content (AvgIpc) is 1.78. The molecule has 1 aliphatic rings. The molecule has 4 heteroatoms. The molecule has 0 aromatic carbocycles. The Bertz CT molecular complexity index is 196. The maximum Gasteiger partial charge on any atom is 0.154 e. The number of hydrogen-bond acceptors (Lipinski definition) is 3. The first kappa shape index (κ1) is 8.01. The van der Waals surface area contributed by atoms with Crippen molar-refractivity contribution < 1.29 is 0 Å². The van der Waals surface area contributed by atoms with Crippen LogP contribution in [0.15, 0.2) is 5.10 Å². The molecule has 0 atom stereocenters. The van der Waals surface area contributed by atoms with E-state index in [1.807, 2.05) is 6.92 Å².